The zero-order chi connectivity index (χ0) is 14.5. The van der Waals surface area contributed by atoms with Crippen molar-refractivity contribution in [2.24, 2.45) is 5.73 Å². The van der Waals surface area contributed by atoms with E-state index in [1.54, 1.807) is 30.3 Å². The van der Waals surface area contributed by atoms with Crippen LogP contribution in [0.15, 0.2) is 30.3 Å². The summed E-state index contributed by atoms with van der Waals surface area (Å²) in [4.78, 5) is 33.5. The first-order chi connectivity index (χ1) is 8.85. The first-order valence-corrected chi connectivity index (χ1v) is 5.67. The lowest BCUT2D eigenvalue weighted by Gasteiger charge is -2.23. The summed E-state index contributed by atoms with van der Waals surface area (Å²) in [5.74, 6) is -2.95. The molecule has 0 spiro atoms. The standard InChI is InChI=1S/C13H15NO5/c14-13(12(18)19,7-6-11(16)17)8-10(15)9-4-2-1-3-5-9/h1-5H,6-8,14H2,(H,16,17)(H,18,19)/t13-/m0/s1. The van der Waals surface area contributed by atoms with Crippen molar-refractivity contribution in [3.8, 4) is 0 Å². The molecule has 19 heavy (non-hydrogen) atoms. The highest BCUT2D eigenvalue weighted by molar-refractivity contribution is 6.00. The summed E-state index contributed by atoms with van der Waals surface area (Å²) in [6.45, 7) is 0. The Morgan fingerprint density at radius 3 is 2.16 bits per heavy atom. The molecule has 1 atom stereocenters. The van der Waals surface area contributed by atoms with Gasteiger partial charge in [0.1, 0.15) is 5.54 Å². The van der Waals surface area contributed by atoms with Crippen molar-refractivity contribution in [2.75, 3.05) is 0 Å². The van der Waals surface area contributed by atoms with Gasteiger partial charge < -0.3 is 15.9 Å². The Morgan fingerprint density at radius 1 is 1.11 bits per heavy atom. The minimum absolute atomic E-state index is 0.295. The van der Waals surface area contributed by atoms with E-state index >= 15 is 0 Å². The second-order valence-electron chi connectivity index (χ2n) is 4.32. The molecular weight excluding hydrogens is 250 g/mol. The fourth-order valence-electron chi connectivity index (χ4n) is 1.61. The number of carbonyl (C=O) groups excluding carboxylic acids is 1. The van der Waals surface area contributed by atoms with E-state index < -0.39 is 36.1 Å². The van der Waals surface area contributed by atoms with E-state index in [0.29, 0.717) is 5.56 Å². The fraction of sp³-hybridized carbons (Fsp3) is 0.308. The van der Waals surface area contributed by atoms with Crippen molar-refractivity contribution < 1.29 is 24.6 Å². The zero-order valence-electron chi connectivity index (χ0n) is 10.2. The molecule has 0 heterocycles. The Balaban J connectivity index is 2.81. The van der Waals surface area contributed by atoms with Crippen LogP contribution in [-0.2, 0) is 9.59 Å². The summed E-state index contributed by atoms with van der Waals surface area (Å²) in [6, 6.07) is 8.16. The van der Waals surface area contributed by atoms with E-state index in [-0.39, 0.29) is 6.42 Å². The average molecular weight is 265 g/mol. The molecule has 1 aromatic rings. The van der Waals surface area contributed by atoms with E-state index in [0.717, 1.165) is 0 Å². The topological polar surface area (TPSA) is 118 Å². The zero-order valence-corrected chi connectivity index (χ0v) is 10.2. The normalized spacial score (nSPS) is 13.5. The van der Waals surface area contributed by atoms with Gasteiger partial charge in [0.15, 0.2) is 5.78 Å². The maximum atomic E-state index is 11.9. The number of rotatable bonds is 7. The molecule has 0 radical (unpaired) electrons. The van der Waals surface area contributed by atoms with E-state index in [4.69, 9.17) is 15.9 Å². The van der Waals surface area contributed by atoms with Gasteiger partial charge >= 0.3 is 11.9 Å². The highest BCUT2D eigenvalue weighted by Gasteiger charge is 2.36. The van der Waals surface area contributed by atoms with Crippen LogP contribution in [0.5, 0.6) is 0 Å². The van der Waals surface area contributed by atoms with Gasteiger partial charge in [0.2, 0.25) is 0 Å². The molecule has 0 fully saturated rings. The van der Waals surface area contributed by atoms with E-state index in [1.807, 2.05) is 0 Å². The average Bonchev–Trinajstić information content (AvgIpc) is 2.37. The van der Waals surface area contributed by atoms with E-state index in [2.05, 4.69) is 0 Å². The van der Waals surface area contributed by atoms with Gasteiger partial charge in [-0.1, -0.05) is 30.3 Å². The number of benzene rings is 1. The maximum Gasteiger partial charge on any atom is 0.324 e. The summed E-state index contributed by atoms with van der Waals surface area (Å²) in [6.07, 6.45) is -1.12. The van der Waals surface area contributed by atoms with Gasteiger partial charge in [-0.3, -0.25) is 14.4 Å². The summed E-state index contributed by atoms with van der Waals surface area (Å²) >= 11 is 0. The lowest BCUT2D eigenvalue weighted by Crippen LogP contribution is -2.49. The van der Waals surface area contributed by atoms with Crippen molar-refractivity contribution in [1.82, 2.24) is 0 Å². The minimum Gasteiger partial charge on any atom is -0.481 e. The van der Waals surface area contributed by atoms with Gasteiger partial charge in [-0.2, -0.15) is 0 Å². The Bertz CT molecular complexity index is 485. The van der Waals surface area contributed by atoms with Crippen LogP contribution < -0.4 is 5.73 Å². The minimum atomic E-state index is -1.86. The molecule has 0 saturated carbocycles. The van der Waals surface area contributed by atoms with Crippen LogP contribution in [0, 0.1) is 0 Å². The Hall–Kier alpha value is -2.21. The third kappa shape index (κ3) is 4.18. The molecule has 1 aromatic carbocycles. The molecule has 0 amide bonds. The molecule has 0 unspecified atom stereocenters. The van der Waals surface area contributed by atoms with Crippen molar-refractivity contribution in [3.63, 3.8) is 0 Å². The molecule has 102 valence electrons. The van der Waals surface area contributed by atoms with Gasteiger partial charge in [-0.15, -0.1) is 0 Å². The van der Waals surface area contributed by atoms with Crippen molar-refractivity contribution in [3.05, 3.63) is 35.9 Å². The van der Waals surface area contributed by atoms with Crippen molar-refractivity contribution in [2.45, 2.75) is 24.8 Å². The van der Waals surface area contributed by atoms with Gasteiger partial charge in [0, 0.05) is 18.4 Å². The number of hydrogen-bond acceptors (Lipinski definition) is 4. The predicted octanol–water partition coefficient (Wildman–Crippen LogP) is 0.906. The monoisotopic (exact) mass is 265 g/mol. The third-order valence-electron chi connectivity index (χ3n) is 2.78. The number of ketones is 1. The predicted molar refractivity (Wildman–Crippen MR) is 66.8 cm³/mol. The van der Waals surface area contributed by atoms with E-state index in [9.17, 15) is 14.4 Å². The van der Waals surface area contributed by atoms with Crippen LogP contribution >= 0.6 is 0 Å². The maximum absolute atomic E-state index is 11.9. The lowest BCUT2D eigenvalue weighted by molar-refractivity contribution is -0.144. The van der Waals surface area contributed by atoms with Crippen molar-refractivity contribution >= 4 is 17.7 Å². The summed E-state index contributed by atoms with van der Waals surface area (Å²) < 4.78 is 0. The Morgan fingerprint density at radius 2 is 1.68 bits per heavy atom. The molecule has 6 heteroatoms. The first-order valence-electron chi connectivity index (χ1n) is 5.67. The summed E-state index contributed by atoms with van der Waals surface area (Å²) in [5, 5.41) is 17.6. The molecule has 0 bridgehead atoms. The molecule has 0 saturated heterocycles. The second-order valence-corrected chi connectivity index (χ2v) is 4.32. The number of carboxylic acid groups (broad SMARTS) is 2. The third-order valence-corrected chi connectivity index (χ3v) is 2.78. The van der Waals surface area contributed by atoms with Crippen LogP contribution in [-0.4, -0.2) is 33.5 Å². The number of carboxylic acids is 2. The molecule has 6 nitrogen and oxygen atoms in total. The lowest BCUT2D eigenvalue weighted by atomic mass is 9.87. The first kappa shape index (κ1) is 14.8. The van der Waals surface area contributed by atoms with Crippen molar-refractivity contribution in [1.29, 1.82) is 0 Å². The van der Waals surface area contributed by atoms with Crippen LogP contribution in [0.4, 0.5) is 0 Å². The van der Waals surface area contributed by atoms with Crippen LogP contribution in [0.3, 0.4) is 0 Å². The van der Waals surface area contributed by atoms with Crippen LogP contribution in [0.2, 0.25) is 0 Å². The smallest absolute Gasteiger partial charge is 0.324 e. The van der Waals surface area contributed by atoms with Gasteiger partial charge in [-0.25, -0.2) is 0 Å². The molecular formula is C13H15NO5. The van der Waals surface area contributed by atoms with Crippen LogP contribution in [0.1, 0.15) is 29.6 Å². The quantitative estimate of drug-likeness (QED) is 0.630. The van der Waals surface area contributed by atoms with Gasteiger partial charge in [0.05, 0.1) is 0 Å². The number of nitrogens with two attached hydrogens (primary N) is 1. The molecule has 0 aromatic heterocycles. The second kappa shape index (κ2) is 6.10. The highest BCUT2D eigenvalue weighted by Crippen LogP contribution is 2.18. The number of aliphatic carboxylic acids is 2. The SMILES string of the molecule is N[C@@](CCC(=O)O)(CC(=O)c1ccccc1)C(=O)O. The van der Waals surface area contributed by atoms with Gasteiger partial charge in [-0.05, 0) is 6.42 Å². The largest absolute Gasteiger partial charge is 0.481 e. The number of carbonyl (C=O) groups is 3. The highest BCUT2D eigenvalue weighted by atomic mass is 16.4. The fourth-order valence-corrected chi connectivity index (χ4v) is 1.61. The summed E-state index contributed by atoms with van der Waals surface area (Å²) in [7, 11) is 0. The Kier molecular flexibility index (Phi) is 4.77. The van der Waals surface area contributed by atoms with E-state index in [1.165, 1.54) is 0 Å². The molecule has 4 N–H and O–H groups in total. The molecule has 0 aliphatic carbocycles. The number of hydrogen-bond donors (Lipinski definition) is 3. The number of Topliss-reactive ketones (excluding diaryl/α,β-unsaturated/α-hetero) is 1. The molecule has 0 aliphatic heterocycles. The van der Waals surface area contributed by atoms with Crippen LogP contribution in [0.25, 0.3) is 0 Å². The van der Waals surface area contributed by atoms with Gasteiger partial charge in [0.25, 0.3) is 0 Å². The molecule has 1 rings (SSSR count). The molecule has 0 aliphatic rings. The summed E-state index contributed by atoms with van der Waals surface area (Å²) in [5.41, 5.74) is 4.14. The Labute approximate surface area is 109 Å².